The van der Waals surface area contributed by atoms with Gasteiger partial charge in [-0.1, -0.05) is 54.6 Å². The molecule has 37 heavy (non-hydrogen) atoms. The Labute approximate surface area is 212 Å². The van der Waals surface area contributed by atoms with E-state index in [0.29, 0.717) is 17.2 Å². The lowest BCUT2D eigenvalue weighted by Crippen LogP contribution is -2.08. The Balaban J connectivity index is 1.74. The smallest absolute Gasteiger partial charge is 0.343 e. The van der Waals surface area contributed by atoms with E-state index in [-0.39, 0.29) is 40.3 Å². The number of pyridine rings is 1. The van der Waals surface area contributed by atoms with E-state index >= 15 is 4.39 Å². The van der Waals surface area contributed by atoms with Crippen LogP contribution in [0.3, 0.4) is 0 Å². The predicted molar refractivity (Wildman–Crippen MR) is 137 cm³/mol. The minimum absolute atomic E-state index is 0.0402. The molecule has 7 heteroatoms. The first kappa shape index (κ1) is 23.8. The van der Waals surface area contributed by atoms with Gasteiger partial charge >= 0.3 is 5.97 Å². The van der Waals surface area contributed by atoms with Crippen molar-refractivity contribution in [1.29, 1.82) is 0 Å². The number of hydrogen-bond donors (Lipinski definition) is 0. The second kappa shape index (κ2) is 10.8. The van der Waals surface area contributed by atoms with E-state index in [1.165, 1.54) is 12.3 Å². The van der Waals surface area contributed by atoms with Gasteiger partial charge in [-0.2, -0.15) is 0 Å². The third-order valence-corrected chi connectivity index (χ3v) is 5.36. The molecular weight excluding hydrogens is 473 g/mol. The summed E-state index contributed by atoms with van der Waals surface area (Å²) in [6, 6.07) is 27.8. The Morgan fingerprint density at radius 1 is 0.730 bits per heavy atom. The van der Waals surface area contributed by atoms with Gasteiger partial charge in [0, 0.05) is 6.20 Å². The van der Waals surface area contributed by atoms with Gasteiger partial charge in [-0.15, -0.1) is 0 Å². The topological polar surface area (TPSA) is 66.9 Å². The summed E-state index contributed by atoms with van der Waals surface area (Å²) in [5, 5.41) is 0.221. The fourth-order valence-electron chi connectivity index (χ4n) is 3.71. The summed E-state index contributed by atoms with van der Waals surface area (Å²) in [5.74, 6) is -0.0464. The maximum atomic E-state index is 15.8. The van der Waals surface area contributed by atoms with Crippen LogP contribution in [0.2, 0.25) is 0 Å². The average Bonchev–Trinajstić information content (AvgIpc) is 2.93. The highest BCUT2D eigenvalue weighted by Gasteiger charge is 2.26. The van der Waals surface area contributed by atoms with Gasteiger partial charge in [-0.25, -0.2) is 9.18 Å². The van der Waals surface area contributed by atoms with Crippen molar-refractivity contribution in [3.63, 3.8) is 0 Å². The van der Waals surface area contributed by atoms with Gasteiger partial charge in [0.15, 0.2) is 17.3 Å². The molecule has 0 fully saturated rings. The largest absolute Gasteiger partial charge is 0.462 e. The van der Waals surface area contributed by atoms with E-state index in [1.807, 2.05) is 18.2 Å². The number of nitrogens with zero attached hydrogens (tertiary/aromatic N) is 1. The van der Waals surface area contributed by atoms with Crippen LogP contribution in [-0.2, 0) is 4.74 Å². The molecule has 0 aliphatic rings. The summed E-state index contributed by atoms with van der Waals surface area (Å²) in [6.07, 6.45) is 1.33. The van der Waals surface area contributed by atoms with Gasteiger partial charge in [0.1, 0.15) is 28.3 Å². The quantitative estimate of drug-likeness (QED) is 0.204. The van der Waals surface area contributed by atoms with Crippen LogP contribution >= 0.6 is 0 Å². The van der Waals surface area contributed by atoms with Gasteiger partial charge in [0.2, 0.25) is 5.75 Å². The fourth-order valence-corrected chi connectivity index (χ4v) is 3.71. The molecule has 4 aromatic carbocycles. The van der Waals surface area contributed by atoms with Crippen LogP contribution in [0.25, 0.3) is 10.9 Å². The number of para-hydroxylation sites is 3. The summed E-state index contributed by atoms with van der Waals surface area (Å²) in [7, 11) is 0. The molecule has 0 N–H and O–H groups in total. The van der Waals surface area contributed by atoms with Gasteiger partial charge in [-0.05, 0) is 49.4 Å². The van der Waals surface area contributed by atoms with Crippen molar-refractivity contribution >= 4 is 16.9 Å². The zero-order valence-electron chi connectivity index (χ0n) is 19.9. The van der Waals surface area contributed by atoms with Crippen molar-refractivity contribution in [3.8, 4) is 34.5 Å². The molecule has 0 saturated heterocycles. The number of fused-ring (bicyclic) bond motifs is 1. The standard InChI is InChI=1S/C30H22FNO5/c1-2-34-30(33)24-19-32-26-23(27(24)35-20-12-6-3-7-13-20)18-25(31)28(36-21-14-8-4-9-15-21)29(26)37-22-16-10-5-11-17-22/h3-19H,2H2,1H3. The summed E-state index contributed by atoms with van der Waals surface area (Å²) in [4.78, 5) is 17.3. The highest BCUT2D eigenvalue weighted by molar-refractivity contribution is 6.02. The number of ether oxygens (including phenoxy) is 4. The second-order valence-electron chi connectivity index (χ2n) is 7.88. The molecule has 184 valence electrons. The van der Waals surface area contributed by atoms with E-state index < -0.39 is 11.8 Å². The van der Waals surface area contributed by atoms with Crippen LogP contribution in [0.1, 0.15) is 17.3 Å². The summed E-state index contributed by atoms with van der Waals surface area (Å²) < 4.78 is 39.1. The van der Waals surface area contributed by atoms with E-state index in [9.17, 15) is 4.79 Å². The third kappa shape index (κ3) is 5.21. The Morgan fingerprint density at radius 3 is 1.73 bits per heavy atom. The number of rotatable bonds is 8. The molecule has 6 nitrogen and oxygen atoms in total. The lowest BCUT2D eigenvalue weighted by atomic mass is 10.1. The first-order chi connectivity index (χ1) is 18.1. The van der Waals surface area contributed by atoms with Crippen molar-refractivity contribution < 1.29 is 28.1 Å². The third-order valence-electron chi connectivity index (χ3n) is 5.36. The molecule has 1 aromatic heterocycles. The zero-order chi connectivity index (χ0) is 25.6. The number of aromatic nitrogens is 1. The molecule has 0 spiro atoms. The summed E-state index contributed by atoms with van der Waals surface area (Å²) in [5.41, 5.74) is 0.301. The Bertz CT molecular complexity index is 1530. The molecule has 1 heterocycles. The van der Waals surface area contributed by atoms with Crippen molar-refractivity contribution in [3.05, 3.63) is 115 Å². The number of carbonyl (C=O) groups is 1. The van der Waals surface area contributed by atoms with Crippen molar-refractivity contribution in [2.45, 2.75) is 6.92 Å². The lowest BCUT2D eigenvalue weighted by molar-refractivity contribution is 0.0523. The molecule has 0 unspecified atom stereocenters. The number of esters is 1. The van der Waals surface area contributed by atoms with Crippen LogP contribution in [0.4, 0.5) is 4.39 Å². The van der Waals surface area contributed by atoms with Crippen molar-refractivity contribution in [1.82, 2.24) is 4.98 Å². The number of carbonyl (C=O) groups excluding carboxylic acids is 1. The highest BCUT2D eigenvalue weighted by atomic mass is 19.1. The molecule has 0 amide bonds. The summed E-state index contributed by atoms with van der Waals surface area (Å²) in [6.45, 7) is 1.85. The number of halogens is 1. The summed E-state index contributed by atoms with van der Waals surface area (Å²) >= 11 is 0. The van der Waals surface area contributed by atoms with Crippen LogP contribution in [-0.4, -0.2) is 17.6 Å². The van der Waals surface area contributed by atoms with Gasteiger partial charge in [0.25, 0.3) is 0 Å². The molecule has 0 aliphatic heterocycles. The first-order valence-electron chi connectivity index (χ1n) is 11.6. The Morgan fingerprint density at radius 2 is 1.22 bits per heavy atom. The van der Waals surface area contributed by atoms with E-state index in [1.54, 1.807) is 79.7 Å². The minimum atomic E-state index is -0.719. The zero-order valence-corrected chi connectivity index (χ0v) is 19.9. The monoisotopic (exact) mass is 495 g/mol. The fraction of sp³-hybridized carbons (Fsp3) is 0.0667. The average molecular weight is 496 g/mol. The SMILES string of the molecule is CCOC(=O)c1cnc2c(Oc3ccccc3)c(Oc3ccccc3)c(F)cc2c1Oc1ccccc1. The number of hydrogen-bond acceptors (Lipinski definition) is 6. The van der Waals surface area contributed by atoms with Gasteiger partial charge < -0.3 is 18.9 Å². The van der Waals surface area contributed by atoms with Crippen LogP contribution in [0.5, 0.6) is 34.5 Å². The lowest BCUT2D eigenvalue weighted by Gasteiger charge is -2.18. The first-order valence-corrected chi connectivity index (χ1v) is 11.6. The minimum Gasteiger partial charge on any atom is -0.462 e. The van der Waals surface area contributed by atoms with Gasteiger partial charge in [-0.3, -0.25) is 4.98 Å². The van der Waals surface area contributed by atoms with Crippen LogP contribution in [0.15, 0.2) is 103 Å². The molecule has 0 atom stereocenters. The molecule has 0 radical (unpaired) electrons. The maximum absolute atomic E-state index is 15.8. The molecular formula is C30H22FNO5. The molecule has 5 aromatic rings. The molecule has 0 saturated carbocycles. The Hall–Kier alpha value is -4.91. The van der Waals surface area contributed by atoms with Crippen LogP contribution < -0.4 is 14.2 Å². The highest BCUT2D eigenvalue weighted by Crippen LogP contribution is 2.46. The molecule has 0 aliphatic carbocycles. The maximum Gasteiger partial charge on any atom is 0.343 e. The van der Waals surface area contributed by atoms with E-state index in [0.717, 1.165) is 0 Å². The van der Waals surface area contributed by atoms with Gasteiger partial charge in [0.05, 0.1) is 12.0 Å². The number of benzene rings is 4. The van der Waals surface area contributed by atoms with Crippen LogP contribution in [0, 0.1) is 5.82 Å². The molecule has 5 rings (SSSR count). The van der Waals surface area contributed by atoms with E-state index in [4.69, 9.17) is 18.9 Å². The molecule has 0 bridgehead atoms. The normalized spacial score (nSPS) is 10.6. The predicted octanol–water partition coefficient (Wildman–Crippen LogP) is 7.93. The second-order valence-corrected chi connectivity index (χ2v) is 7.88. The van der Waals surface area contributed by atoms with Crippen molar-refractivity contribution in [2.24, 2.45) is 0 Å². The Kier molecular flexibility index (Phi) is 6.94. The van der Waals surface area contributed by atoms with E-state index in [2.05, 4.69) is 4.98 Å². The van der Waals surface area contributed by atoms with Crippen molar-refractivity contribution in [2.75, 3.05) is 6.61 Å².